The maximum absolute atomic E-state index is 13.0. The van der Waals surface area contributed by atoms with E-state index in [1.807, 2.05) is 30.3 Å². The van der Waals surface area contributed by atoms with Crippen molar-refractivity contribution in [2.24, 2.45) is 0 Å². The first-order valence-corrected chi connectivity index (χ1v) is 13.6. The molecule has 0 saturated carbocycles. The number of aromatic nitrogens is 1. The maximum Gasteiger partial charge on any atom is 0.262 e. The Morgan fingerprint density at radius 1 is 0.951 bits per heavy atom. The number of nitrogens with one attached hydrogen (secondary N) is 2. The Kier molecular flexibility index (Phi) is 6.86. The highest BCUT2D eigenvalue weighted by Gasteiger charge is 2.44. The molecule has 1 unspecified atom stereocenters. The van der Waals surface area contributed by atoms with Gasteiger partial charge in [0.15, 0.2) is 5.13 Å². The summed E-state index contributed by atoms with van der Waals surface area (Å²) < 4.78 is 5.87. The van der Waals surface area contributed by atoms with Gasteiger partial charge < -0.3 is 4.74 Å². The van der Waals surface area contributed by atoms with Crippen LogP contribution in [0.25, 0.3) is 0 Å². The molecule has 0 spiro atoms. The van der Waals surface area contributed by atoms with E-state index in [0.29, 0.717) is 22.2 Å². The van der Waals surface area contributed by atoms with Crippen molar-refractivity contribution >= 4 is 46.0 Å². The number of nitrogens with zero attached hydrogens (tertiary/aromatic N) is 2. The third-order valence-corrected chi connectivity index (χ3v) is 7.67. The molecule has 5 amide bonds. The molecule has 0 aliphatic carbocycles. The molecule has 0 radical (unpaired) electrons. The summed E-state index contributed by atoms with van der Waals surface area (Å²) in [6.07, 6.45) is 2.61. The average Bonchev–Trinajstić information content (AvgIpc) is 3.50. The van der Waals surface area contributed by atoms with Gasteiger partial charge in [-0.2, -0.15) is 0 Å². The van der Waals surface area contributed by atoms with E-state index in [1.54, 1.807) is 36.5 Å². The summed E-state index contributed by atoms with van der Waals surface area (Å²) in [5.74, 6) is -1.90. The minimum absolute atomic E-state index is 0.0469. The molecule has 1 fully saturated rings. The molecule has 0 bridgehead atoms. The molecule has 3 heterocycles. The SMILES string of the molecule is O=C1CCC(N2C(=O)c3ccc(Oc4ccc(C(=O)Nc5ncc(Cc6ccccc6)s5)cc4)cc3C2=O)C(=O)N1. The summed E-state index contributed by atoms with van der Waals surface area (Å²) in [6, 6.07) is 19.9. The van der Waals surface area contributed by atoms with E-state index in [4.69, 9.17) is 4.74 Å². The molecular formula is C30H22N4O6S. The number of amides is 5. The first-order chi connectivity index (χ1) is 19.9. The van der Waals surface area contributed by atoms with Crippen LogP contribution in [0.4, 0.5) is 5.13 Å². The molecule has 2 aliphatic heterocycles. The predicted molar refractivity (Wildman–Crippen MR) is 149 cm³/mol. The second-order valence-corrected chi connectivity index (χ2v) is 10.6. The lowest BCUT2D eigenvalue weighted by Crippen LogP contribution is -2.54. The Balaban J connectivity index is 1.09. The number of imide groups is 2. The standard InChI is InChI=1S/C30H22N4O6S/c35-25-13-12-24(27(37)32-25)34-28(38)22-11-10-20(15-23(22)29(34)39)40-19-8-6-18(7-9-19)26(36)33-30-31-16-21(41-30)14-17-4-2-1-3-5-17/h1-11,15-16,24H,12-14H2,(H,31,33,36)(H,32,35,37). The summed E-state index contributed by atoms with van der Waals surface area (Å²) in [5.41, 5.74) is 1.85. The van der Waals surface area contributed by atoms with Gasteiger partial charge in [-0.25, -0.2) is 4.98 Å². The fraction of sp³-hybridized carbons (Fsp3) is 0.133. The highest BCUT2D eigenvalue weighted by atomic mass is 32.1. The average molecular weight is 567 g/mol. The van der Waals surface area contributed by atoms with Crippen LogP contribution >= 0.6 is 11.3 Å². The van der Waals surface area contributed by atoms with Gasteiger partial charge >= 0.3 is 0 Å². The zero-order chi connectivity index (χ0) is 28.5. The molecule has 1 atom stereocenters. The predicted octanol–water partition coefficient (Wildman–Crippen LogP) is 4.18. The van der Waals surface area contributed by atoms with Crippen molar-refractivity contribution < 1.29 is 28.7 Å². The minimum Gasteiger partial charge on any atom is -0.457 e. The molecule has 2 N–H and O–H groups in total. The van der Waals surface area contributed by atoms with E-state index >= 15 is 0 Å². The van der Waals surface area contributed by atoms with Gasteiger partial charge in [-0.3, -0.25) is 39.5 Å². The van der Waals surface area contributed by atoms with E-state index in [0.717, 1.165) is 21.8 Å². The monoisotopic (exact) mass is 566 g/mol. The molecule has 204 valence electrons. The largest absolute Gasteiger partial charge is 0.457 e. The quantitative estimate of drug-likeness (QED) is 0.321. The lowest BCUT2D eigenvalue weighted by Gasteiger charge is -2.27. The number of rotatable bonds is 7. The molecule has 1 aromatic heterocycles. The van der Waals surface area contributed by atoms with Crippen LogP contribution in [0.3, 0.4) is 0 Å². The van der Waals surface area contributed by atoms with Crippen molar-refractivity contribution in [3.8, 4) is 11.5 Å². The van der Waals surface area contributed by atoms with Crippen molar-refractivity contribution in [3.05, 3.63) is 106 Å². The summed E-state index contributed by atoms with van der Waals surface area (Å²) in [7, 11) is 0. The summed E-state index contributed by atoms with van der Waals surface area (Å²) >= 11 is 1.42. The molecule has 3 aromatic carbocycles. The molecular weight excluding hydrogens is 544 g/mol. The second kappa shape index (κ2) is 10.8. The number of carbonyl (C=O) groups is 5. The number of piperidine rings is 1. The fourth-order valence-electron chi connectivity index (χ4n) is 4.74. The fourth-order valence-corrected chi connectivity index (χ4v) is 5.58. The van der Waals surface area contributed by atoms with E-state index in [9.17, 15) is 24.0 Å². The third-order valence-electron chi connectivity index (χ3n) is 6.76. The Hall–Kier alpha value is -5.16. The number of ether oxygens (including phenoxy) is 1. The van der Waals surface area contributed by atoms with Gasteiger partial charge in [0.1, 0.15) is 17.5 Å². The van der Waals surface area contributed by atoms with Crippen molar-refractivity contribution in [1.29, 1.82) is 0 Å². The molecule has 6 rings (SSSR count). The zero-order valence-electron chi connectivity index (χ0n) is 21.5. The van der Waals surface area contributed by atoms with Crippen LogP contribution in [-0.4, -0.2) is 45.5 Å². The first-order valence-electron chi connectivity index (χ1n) is 12.8. The topological polar surface area (TPSA) is 135 Å². The van der Waals surface area contributed by atoms with Crippen LogP contribution in [0.2, 0.25) is 0 Å². The summed E-state index contributed by atoms with van der Waals surface area (Å²) in [5, 5.41) is 5.49. The van der Waals surface area contributed by atoms with Gasteiger partial charge in [0, 0.05) is 29.5 Å². The smallest absolute Gasteiger partial charge is 0.262 e. The second-order valence-electron chi connectivity index (χ2n) is 9.53. The van der Waals surface area contributed by atoms with Crippen LogP contribution in [0.1, 0.15) is 54.4 Å². The number of hydrogen-bond acceptors (Lipinski definition) is 8. The van der Waals surface area contributed by atoms with E-state index < -0.39 is 29.7 Å². The van der Waals surface area contributed by atoms with E-state index in [2.05, 4.69) is 15.6 Å². The van der Waals surface area contributed by atoms with Gasteiger partial charge in [-0.1, -0.05) is 30.3 Å². The zero-order valence-corrected chi connectivity index (χ0v) is 22.3. The highest BCUT2D eigenvalue weighted by Crippen LogP contribution is 2.32. The number of benzene rings is 3. The summed E-state index contributed by atoms with van der Waals surface area (Å²) in [4.78, 5) is 68.6. The molecule has 4 aromatic rings. The van der Waals surface area contributed by atoms with Gasteiger partial charge in [-0.15, -0.1) is 11.3 Å². The highest BCUT2D eigenvalue weighted by molar-refractivity contribution is 7.15. The normalized spacial score (nSPS) is 16.4. The molecule has 41 heavy (non-hydrogen) atoms. The van der Waals surface area contributed by atoms with Crippen LogP contribution in [-0.2, 0) is 16.0 Å². The molecule has 10 nitrogen and oxygen atoms in total. The molecule has 1 saturated heterocycles. The Labute approximate surface area is 238 Å². The van der Waals surface area contributed by atoms with Crippen molar-refractivity contribution in [2.75, 3.05) is 5.32 Å². The molecule has 11 heteroatoms. The van der Waals surface area contributed by atoms with Crippen molar-refractivity contribution in [3.63, 3.8) is 0 Å². The van der Waals surface area contributed by atoms with Crippen LogP contribution in [0, 0.1) is 0 Å². The number of thiazole rings is 1. The number of anilines is 1. The summed E-state index contributed by atoms with van der Waals surface area (Å²) in [6.45, 7) is 0. The number of carbonyl (C=O) groups excluding carboxylic acids is 5. The Morgan fingerprint density at radius 3 is 2.44 bits per heavy atom. The number of hydrogen-bond donors (Lipinski definition) is 2. The van der Waals surface area contributed by atoms with Crippen molar-refractivity contribution in [1.82, 2.24) is 15.2 Å². The van der Waals surface area contributed by atoms with E-state index in [1.165, 1.54) is 23.5 Å². The van der Waals surface area contributed by atoms with Crippen LogP contribution in [0.15, 0.2) is 79.0 Å². The first kappa shape index (κ1) is 26.1. The van der Waals surface area contributed by atoms with Gasteiger partial charge in [0.25, 0.3) is 17.7 Å². The van der Waals surface area contributed by atoms with Gasteiger partial charge in [0.2, 0.25) is 11.8 Å². The van der Waals surface area contributed by atoms with Crippen LogP contribution in [0.5, 0.6) is 11.5 Å². The lowest BCUT2D eigenvalue weighted by atomic mass is 10.0. The van der Waals surface area contributed by atoms with Gasteiger partial charge in [0.05, 0.1) is 11.1 Å². The number of fused-ring (bicyclic) bond motifs is 1. The Bertz CT molecular complexity index is 1700. The maximum atomic E-state index is 13.0. The van der Waals surface area contributed by atoms with E-state index in [-0.39, 0.29) is 29.9 Å². The van der Waals surface area contributed by atoms with Gasteiger partial charge in [-0.05, 0) is 54.4 Å². The van der Waals surface area contributed by atoms with Crippen LogP contribution < -0.4 is 15.4 Å². The third kappa shape index (κ3) is 5.35. The lowest BCUT2D eigenvalue weighted by molar-refractivity contribution is -0.136. The molecule has 2 aliphatic rings. The Morgan fingerprint density at radius 2 is 1.68 bits per heavy atom. The van der Waals surface area contributed by atoms with Crippen molar-refractivity contribution in [2.45, 2.75) is 25.3 Å². The minimum atomic E-state index is -1.04.